The Morgan fingerprint density at radius 3 is 2.76 bits per heavy atom. The predicted molar refractivity (Wildman–Crippen MR) is 70.0 cm³/mol. The lowest BCUT2D eigenvalue weighted by Gasteiger charge is -2.08. The summed E-state index contributed by atoms with van der Waals surface area (Å²) < 4.78 is 5.57. The number of aromatic nitrogens is 2. The molecule has 0 aliphatic rings. The number of hydrogen-bond acceptors (Lipinski definition) is 4. The fourth-order valence-electron chi connectivity index (χ4n) is 1.45. The van der Waals surface area contributed by atoms with Crippen LogP contribution in [0.15, 0.2) is 6.07 Å². The Bertz CT molecular complexity index is 339. The van der Waals surface area contributed by atoms with Crippen molar-refractivity contribution in [2.24, 2.45) is 5.92 Å². The van der Waals surface area contributed by atoms with Gasteiger partial charge in [-0.2, -0.15) is 0 Å². The van der Waals surface area contributed by atoms with Gasteiger partial charge in [-0.15, -0.1) is 0 Å². The summed E-state index contributed by atoms with van der Waals surface area (Å²) in [6.07, 6.45) is 1.08. The minimum absolute atomic E-state index is 0.493. The second-order valence-corrected chi connectivity index (χ2v) is 4.58. The highest BCUT2D eigenvalue weighted by Crippen LogP contribution is 2.07. The van der Waals surface area contributed by atoms with Crippen LogP contribution in [0, 0.1) is 12.8 Å². The van der Waals surface area contributed by atoms with Crippen molar-refractivity contribution in [2.45, 2.75) is 40.7 Å². The minimum Gasteiger partial charge on any atom is -0.373 e. The summed E-state index contributed by atoms with van der Waals surface area (Å²) in [5.74, 6) is 2.30. The predicted octanol–water partition coefficient (Wildman–Crippen LogP) is 2.78. The second-order valence-electron chi connectivity index (χ2n) is 4.58. The van der Waals surface area contributed by atoms with E-state index in [0.717, 1.165) is 36.9 Å². The molecule has 1 rings (SSSR count). The summed E-state index contributed by atoms with van der Waals surface area (Å²) in [5.41, 5.74) is 0.971. The lowest BCUT2D eigenvalue weighted by atomic mass is 10.1. The first-order valence-corrected chi connectivity index (χ1v) is 6.28. The molecule has 1 N–H and O–H groups in total. The Hall–Kier alpha value is -1.16. The normalized spacial score (nSPS) is 10.9. The molecule has 0 bridgehead atoms. The summed E-state index contributed by atoms with van der Waals surface area (Å²) in [7, 11) is 0. The zero-order valence-corrected chi connectivity index (χ0v) is 11.3. The maximum absolute atomic E-state index is 5.57. The van der Waals surface area contributed by atoms with Crippen LogP contribution in [0.1, 0.15) is 38.7 Å². The Morgan fingerprint density at radius 1 is 1.35 bits per heavy atom. The molecule has 0 fully saturated rings. The van der Waals surface area contributed by atoms with Gasteiger partial charge in [-0.25, -0.2) is 9.97 Å². The molecule has 0 aliphatic heterocycles. The zero-order valence-electron chi connectivity index (χ0n) is 11.3. The van der Waals surface area contributed by atoms with E-state index < -0.39 is 0 Å². The molecule has 96 valence electrons. The van der Waals surface area contributed by atoms with E-state index in [2.05, 4.69) is 36.1 Å². The molecule has 0 atom stereocenters. The third-order valence-corrected chi connectivity index (χ3v) is 2.33. The van der Waals surface area contributed by atoms with Gasteiger partial charge in [0.2, 0.25) is 0 Å². The van der Waals surface area contributed by atoms with Crippen LogP contribution in [0.5, 0.6) is 0 Å². The number of rotatable bonds is 7. The average molecular weight is 237 g/mol. The van der Waals surface area contributed by atoms with Gasteiger partial charge in [-0.3, -0.25) is 0 Å². The van der Waals surface area contributed by atoms with Gasteiger partial charge < -0.3 is 10.1 Å². The SMILES string of the molecule is CCNc1cc(C)nc(COCCC(C)C)n1. The molecule has 0 amide bonds. The molecule has 0 saturated heterocycles. The highest BCUT2D eigenvalue weighted by molar-refractivity contribution is 5.35. The van der Waals surface area contributed by atoms with Crippen molar-refractivity contribution in [3.63, 3.8) is 0 Å². The number of anilines is 1. The summed E-state index contributed by atoms with van der Waals surface area (Å²) in [6, 6.07) is 1.95. The van der Waals surface area contributed by atoms with Gasteiger partial charge in [0.25, 0.3) is 0 Å². The first-order valence-electron chi connectivity index (χ1n) is 6.28. The van der Waals surface area contributed by atoms with Crippen molar-refractivity contribution in [3.8, 4) is 0 Å². The Labute approximate surface area is 104 Å². The number of aryl methyl sites for hydroxylation is 1. The van der Waals surface area contributed by atoms with Crippen LogP contribution in [0.4, 0.5) is 5.82 Å². The van der Waals surface area contributed by atoms with Crippen molar-refractivity contribution in [3.05, 3.63) is 17.6 Å². The first kappa shape index (κ1) is 13.9. The van der Waals surface area contributed by atoms with Crippen molar-refractivity contribution in [1.82, 2.24) is 9.97 Å². The Morgan fingerprint density at radius 2 is 2.12 bits per heavy atom. The molecule has 0 spiro atoms. The number of nitrogens with one attached hydrogen (secondary N) is 1. The third kappa shape index (κ3) is 5.63. The van der Waals surface area contributed by atoms with Crippen LogP contribution in [-0.4, -0.2) is 23.1 Å². The molecule has 1 aromatic rings. The van der Waals surface area contributed by atoms with Gasteiger partial charge in [-0.1, -0.05) is 13.8 Å². The fourth-order valence-corrected chi connectivity index (χ4v) is 1.45. The molecule has 4 nitrogen and oxygen atoms in total. The molecule has 1 heterocycles. The van der Waals surface area contributed by atoms with Crippen molar-refractivity contribution in [2.75, 3.05) is 18.5 Å². The molecule has 1 aromatic heterocycles. The van der Waals surface area contributed by atoms with E-state index in [-0.39, 0.29) is 0 Å². The maximum Gasteiger partial charge on any atom is 0.156 e. The molecular formula is C13H23N3O. The standard InChI is InChI=1S/C13H23N3O/c1-5-14-12-8-11(4)15-13(16-12)9-17-7-6-10(2)3/h8,10H,5-7,9H2,1-4H3,(H,14,15,16). The summed E-state index contributed by atoms with van der Waals surface area (Å²) in [4.78, 5) is 8.75. The van der Waals surface area contributed by atoms with E-state index in [1.54, 1.807) is 0 Å². The molecule has 0 radical (unpaired) electrons. The van der Waals surface area contributed by atoms with Crippen molar-refractivity contribution in [1.29, 1.82) is 0 Å². The Balaban J connectivity index is 2.46. The van der Waals surface area contributed by atoms with Crippen LogP contribution >= 0.6 is 0 Å². The highest BCUT2D eigenvalue weighted by Gasteiger charge is 2.02. The van der Waals surface area contributed by atoms with Gasteiger partial charge in [0.05, 0.1) is 0 Å². The highest BCUT2D eigenvalue weighted by atomic mass is 16.5. The molecule has 0 aliphatic carbocycles. The number of nitrogens with zero attached hydrogens (tertiary/aromatic N) is 2. The van der Waals surface area contributed by atoms with E-state index in [0.29, 0.717) is 12.5 Å². The lowest BCUT2D eigenvalue weighted by Crippen LogP contribution is -2.07. The van der Waals surface area contributed by atoms with Gasteiger partial charge in [0.1, 0.15) is 12.4 Å². The summed E-state index contributed by atoms with van der Waals surface area (Å²) in [5, 5.41) is 3.19. The Kier molecular flexibility index (Phi) is 5.91. The smallest absolute Gasteiger partial charge is 0.156 e. The van der Waals surface area contributed by atoms with E-state index in [9.17, 15) is 0 Å². The average Bonchev–Trinajstić information content (AvgIpc) is 2.24. The van der Waals surface area contributed by atoms with E-state index in [1.807, 2.05) is 13.0 Å². The summed E-state index contributed by atoms with van der Waals surface area (Å²) >= 11 is 0. The molecule has 17 heavy (non-hydrogen) atoms. The summed E-state index contributed by atoms with van der Waals surface area (Å²) in [6.45, 7) is 10.5. The largest absolute Gasteiger partial charge is 0.373 e. The van der Waals surface area contributed by atoms with Crippen molar-refractivity contribution >= 4 is 5.82 Å². The lowest BCUT2D eigenvalue weighted by molar-refractivity contribution is 0.105. The number of hydrogen-bond donors (Lipinski definition) is 1. The molecular weight excluding hydrogens is 214 g/mol. The van der Waals surface area contributed by atoms with E-state index >= 15 is 0 Å². The van der Waals surface area contributed by atoms with Crippen LogP contribution in [0.25, 0.3) is 0 Å². The van der Waals surface area contributed by atoms with Gasteiger partial charge >= 0.3 is 0 Å². The molecule has 0 saturated carbocycles. The minimum atomic E-state index is 0.493. The zero-order chi connectivity index (χ0) is 12.7. The van der Waals surface area contributed by atoms with E-state index in [1.165, 1.54) is 0 Å². The quantitative estimate of drug-likeness (QED) is 0.741. The first-order chi connectivity index (χ1) is 8.11. The third-order valence-electron chi connectivity index (χ3n) is 2.33. The second kappa shape index (κ2) is 7.22. The van der Waals surface area contributed by atoms with Crippen LogP contribution < -0.4 is 5.32 Å². The molecule has 0 unspecified atom stereocenters. The van der Waals surface area contributed by atoms with Gasteiger partial charge in [0, 0.05) is 24.9 Å². The van der Waals surface area contributed by atoms with Crippen molar-refractivity contribution < 1.29 is 4.74 Å². The van der Waals surface area contributed by atoms with E-state index in [4.69, 9.17) is 4.74 Å². The van der Waals surface area contributed by atoms with Crippen LogP contribution in [-0.2, 0) is 11.3 Å². The maximum atomic E-state index is 5.57. The van der Waals surface area contributed by atoms with Crippen LogP contribution in [0.3, 0.4) is 0 Å². The molecule has 4 heteroatoms. The van der Waals surface area contributed by atoms with Crippen LogP contribution in [0.2, 0.25) is 0 Å². The molecule has 0 aromatic carbocycles. The fraction of sp³-hybridized carbons (Fsp3) is 0.692. The topological polar surface area (TPSA) is 47.0 Å². The number of ether oxygens (including phenoxy) is 1. The van der Waals surface area contributed by atoms with Gasteiger partial charge in [-0.05, 0) is 26.2 Å². The van der Waals surface area contributed by atoms with Gasteiger partial charge in [0.15, 0.2) is 5.82 Å². The monoisotopic (exact) mass is 237 g/mol.